The minimum absolute atomic E-state index is 0.0887. The van der Waals surface area contributed by atoms with Gasteiger partial charge in [-0.05, 0) is 36.8 Å². The lowest BCUT2D eigenvalue weighted by Crippen LogP contribution is -2.06. The summed E-state index contributed by atoms with van der Waals surface area (Å²) in [6, 6.07) is 17.9. The highest BCUT2D eigenvalue weighted by Crippen LogP contribution is 2.34. The van der Waals surface area contributed by atoms with Crippen LogP contribution in [0.3, 0.4) is 0 Å². The van der Waals surface area contributed by atoms with E-state index in [9.17, 15) is 4.39 Å². The fourth-order valence-corrected chi connectivity index (χ4v) is 3.22. The van der Waals surface area contributed by atoms with Crippen molar-refractivity contribution >= 4 is 28.9 Å². The minimum Gasteiger partial charge on any atom is -0.487 e. The highest BCUT2D eigenvalue weighted by Gasteiger charge is 2.12. The maximum Gasteiger partial charge on any atom is 0.143 e. The molecule has 2 nitrogen and oxygen atoms in total. The third kappa shape index (κ3) is 4.48. The summed E-state index contributed by atoms with van der Waals surface area (Å²) >= 11 is 12.5. The molecule has 0 fully saturated rings. The molecule has 3 aromatic carbocycles. The molecule has 3 aromatic rings. The number of ether oxygens (including phenoxy) is 1. The zero-order valence-corrected chi connectivity index (χ0v) is 15.7. The quantitative estimate of drug-likeness (QED) is 0.510. The molecule has 0 atom stereocenters. The number of hydrogen-bond acceptors (Lipinski definition) is 2. The number of hydrogen-bond donors (Lipinski definition) is 1. The van der Waals surface area contributed by atoms with Crippen LogP contribution >= 0.6 is 23.2 Å². The second kappa shape index (κ2) is 8.43. The molecular weight excluding hydrogens is 372 g/mol. The molecule has 0 aliphatic heterocycles. The summed E-state index contributed by atoms with van der Waals surface area (Å²) in [6.45, 7) is 2.60. The smallest absolute Gasteiger partial charge is 0.143 e. The normalized spacial score (nSPS) is 10.6. The molecule has 26 heavy (non-hydrogen) atoms. The topological polar surface area (TPSA) is 21.3 Å². The first-order valence-corrected chi connectivity index (χ1v) is 8.94. The molecule has 0 saturated carbocycles. The van der Waals surface area contributed by atoms with Crippen LogP contribution in [0.4, 0.5) is 10.1 Å². The number of nitrogens with one attached hydrogen (secondary N) is 1. The van der Waals surface area contributed by atoms with Crippen LogP contribution in [0.15, 0.2) is 60.7 Å². The van der Waals surface area contributed by atoms with Crippen LogP contribution in [-0.4, -0.2) is 0 Å². The molecule has 0 saturated heterocycles. The summed E-state index contributed by atoms with van der Waals surface area (Å²) in [4.78, 5) is 0. The molecule has 0 heterocycles. The van der Waals surface area contributed by atoms with E-state index in [0.717, 1.165) is 16.8 Å². The van der Waals surface area contributed by atoms with Crippen molar-refractivity contribution in [2.75, 3.05) is 5.32 Å². The number of halogens is 3. The Hall–Kier alpha value is -2.23. The average Bonchev–Trinajstić information content (AvgIpc) is 2.61. The fraction of sp³-hybridized carbons (Fsp3) is 0.143. The van der Waals surface area contributed by atoms with E-state index in [1.807, 2.05) is 31.2 Å². The summed E-state index contributed by atoms with van der Waals surface area (Å²) < 4.78 is 19.7. The molecule has 0 radical (unpaired) electrons. The first kappa shape index (κ1) is 18.6. The van der Waals surface area contributed by atoms with Crippen LogP contribution in [0, 0.1) is 12.7 Å². The third-order valence-electron chi connectivity index (χ3n) is 4.03. The first-order valence-electron chi connectivity index (χ1n) is 8.18. The summed E-state index contributed by atoms with van der Waals surface area (Å²) in [5.74, 6) is 0.192. The summed E-state index contributed by atoms with van der Waals surface area (Å²) in [6.07, 6.45) is 0. The predicted octanol–water partition coefficient (Wildman–Crippen LogP) is 6.63. The Bertz CT molecular complexity index is 914. The Kier molecular flexibility index (Phi) is 6.02. The monoisotopic (exact) mass is 389 g/mol. The van der Waals surface area contributed by atoms with Crippen molar-refractivity contribution < 1.29 is 9.13 Å². The Balaban J connectivity index is 1.81. The number of benzene rings is 3. The van der Waals surface area contributed by atoms with E-state index in [-0.39, 0.29) is 12.4 Å². The van der Waals surface area contributed by atoms with E-state index in [4.69, 9.17) is 27.9 Å². The van der Waals surface area contributed by atoms with Gasteiger partial charge in [0.1, 0.15) is 18.2 Å². The molecule has 3 rings (SSSR count). The second-order valence-corrected chi connectivity index (χ2v) is 6.77. The highest BCUT2D eigenvalue weighted by molar-refractivity contribution is 6.35. The average molecular weight is 390 g/mol. The molecule has 5 heteroatoms. The Morgan fingerprint density at radius 2 is 1.69 bits per heavy atom. The molecule has 0 aliphatic carbocycles. The largest absolute Gasteiger partial charge is 0.487 e. The van der Waals surface area contributed by atoms with E-state index in [0.29, 0.717) is 27.9 Å². The Morgan fingerprint density at radius 3 is 2.46 bits per heavy atom. The van der Waals surface area contributed by atoms with Crippen molar-refractivity contribution in [2.24, 2.45) is 0 Å². The molecule has 0 amide bonds. The minimum atomic E-state index is -0.308. The van der Waals surface area contributed by atoms with Gasteiger partial charge in [-0.3, -0.25) is 0 Å². The molecule has 134 valence electrons. The van der Waals surface area contributed by atoms with E-state index in [2.05, 4.69) is 5.32 Å². The van der Waals surface area contributed by atoms with Gasteiger partial charge in [-0.2, -0.15) is 0 Å². The molecule has 0 spiro atoms. The second-order valence-electron chi connectivity index (χ2n) is 5.92. The van der Waals surface area contributed by atoms with Gasteiger partial charge >= 0.3 is 0 Å². The maximum atomic E-state index is 13.8. The lowest BCUT2D eigenvalue weighted by atomic mass is 10.1. The number of rotatable bonds is 6. The van der Waals surface area contributed by atoms with Gasteiger partial charge in [-0.25, -0.2) is 4.39 Å². The lowest BCUT2D eigenvalue weighted by Gasteiger charge is -2.16. The SMILES string of the molecule is Cc1ccccc1NCc1cc(Cl)cc(Cl)c1OCc1ccccc1F. The van der Waals surface area contributed by atoms with Crippen LogP contribution < -0.4 is 10.1 Å². The van der Waals surface area contributed by atoms with Crippen LogP contribution in [0.1, 0.15) is 16.7 Å². The van der Waals surface area contributed by atoms with Crippen molar-refractivity contribution in [3.8, 4) is 5.75 Å². The third-order valence-corrected chi connectivity index (χ3v) is 4.53. The zero-order valence-electron chi connectivity index (χ0n) is 14.2. The summed E-state index contributed by atoms with van der Waals surface area (Å²) in [7, 11) is 0. The molecule has 0 aromatic heterocycles. The van der Waals surface area contributed by atoms with Crippen molar-refractivity contribution in [2.45, 2.75) is 20.1 Å². The molecule has 0 bridgehead atoms. The first-order chi connectivity index (χ1) is 12.5. The van der Waals surface area contributed by atoms with Gasteiger partial charge < -0.3 is 10.1 Å². The lowest BCUT2D eigenvalue weighted by molar-refractivity contribution is 0.297. The summed E-state index contributed by atoms with van der Waals surface area (Å²) in [5.41, 5.74) is 3.43. The van der Waals surface area contributed by atoms with Gasteiger partial charge in [-0.1, -0.05) is 59.6 Å². The predicted molar refractivity (Wildman–Crippen MR) is 106 cm³/mol. The van der Waals surface area contributed by atoms with Gasteiger partial charge in [0, 0.05) is 28.4 Å². The van der Waals surface area contributed by atoms with Crippen molar-refractivity contribution in [3.05, 3.63) is 93.2 Å². The van der Waals surface area contributed by atoms with E-state index >= 15 is 0 Å². The van der Waals surface area contributed by atoms with Crippen LogP contribution in [0.25, 0.3) is 0 Å². The Morgan fingerprint density at radius 1 is 0.962 bits per heavy atom. The number of anilines is 1. The van der Waals surface area contributed by atoms with Gasteiger partial charge in [0.15, 0.2) is 0 Å². The molecule has 1 N–H and O–H groups in total. The van der Waals surface area contributed by atoms with Crippen molar-refractivity contribution in [3.63, 3.8) is 0 Å². The molecule has 0 aliphatic rings. The highest BCUT2D eigenvalue weighted by atomic mass is 35.5. The van der Waals surface area contributed by atoms with E-state index in [1.165, 1.54) is 6.07 Å². The van der Waals surface area contributed by atoms with Crippen LogP contribution in [0.5, 0.6) is 5.75 Å². The van der Waals surface area contributed by atoms with Gasteiger partial charge in [0.05, 0.1) is 5.02 Å². The van der Waals surface area contributed by atoms with Gasteiger partial charge in [0.25, 0.3) is 0 Å². The van der Waals surface area contributed by atoms with Crippen molar-refractivity contribution in [1.82, 2.24) is 0 Å². The molecular formula is C21H18Cl2FNO. The maximum absolute atomic E-state index is 13.8. The summed E-state index contributed by atoms with van der Waals surface area (Å²) in [5, 5.41) is 4.28. The van der Waals surface area contributed by atoms with Gasteiger partial charge in [-0.15, -0.1) is 0 Å². The van der Waals surface area contributed by atoms with Crippen LogP contribution in [0.2, 0.25) is 10.0 Å². The number of para-hydroxylation sites is 1. The van der Waals surface area contributed by atoms with Gasteiger partial charge in [0.2, 0.25) is 0 Å². The zero-order chi connectivity index (χ0) is 18.5. The molecule has 0 unspecified atom stereocenters. The van der Waals surface area contributed by atoms with Crippen LogP contribution in [-0.2, 0) is 13.2 Å². The van der Waals surface area contributed by atoms with E-state index in [1.54, 1.807) is 30.3 Å². The fourth-order valence-electron chi connectivity index (χ4n) is 2.63. The van der Waals surface area contributed by atoms with Crippen molar-refractivity contribution in [1.29, 1.82) is 0 Å². The Labute approximate surface area is 162 Å². The van der Waals surface area contributed by atoms with E-state index < -0.39 is 0 Å². The standard InChI is InChI=1S/C21H18Cl2FNO/c1-14-6-2-5-9-20(14)25-12-16-10-17(22)11-18(23)21(16)26-13-15-7-3-4-8-19(15)24/h2-11,25H,12-13H2,1H3. The number of aryl methyl sites for hydroxylation is 1.